The van der Waals surface area contributed by atoms with E-state index in [0.717, 1.165) is 28.0 Å². The number of nitrogens with two attached hydrogens (primary N) is 1. The van der Waals surface area contributed by atoms with Gasteiger partial charge in [0.2, 0.25) is 0 Å². The Labute approximate surface area is 112 Å². The molecule has 0 atom stereocenters. The second kappa shape index (κ2) is 4.35. The number of fused-ring (bicyclic) bond motifs is 1. The number of hydrogen-bond donors (Lipinski definition) is 2. The molecule has 96 valence electrons. The van der Waals surface area contributed by atoms with E-state index in [4.69, 9.17) is 10.2 Å². The van der Waals surface area contributed by atoms with Crippen LogP contribution in [0.5, 0.6) is 0 Å². The Morgan fingerprint density at radius 2 is 1.74 bits per heavy atom. The molecule has 0 aliphatic carbocycles. The van der Waals surface area contributed by atoms with Gasteiger partial charge in [-0.1, -0.05) is 12.1 Å². The highest BCUT2D eigenvalue weighted by molar-refractivity contribution is 5.93. The smallest absolute Gasteiger partial charge is 0.136 e. The quantitative estimate of drug-likeness (QED) is 0.666. The molecule has 0 saturated carbocycles. The first-order valence-corrected chi connectivity index (χ1v) is 6.25. The lowest BCUT2D eigenvalue weighted by Crippen LogP contribution is -1.97. The van der Waals surface area contributed by atoms with Gasteiger partial charge >= 0.3 is 0 Å². The lowest BCUT2D eigenvalue weighted by Gasteiger charge is -2.11. The van der Waals surface area contributed by atoms with Gasteiger partial charge in [-0.3, -0.25) is 0 Å². The van der Waals surface area contributed by atoms with Crippen LogP contribution in [0, 0.1) is 13.8 Å². The molecule has 3 N–H and O–H groups in total. The molecule has 0 aliphatic heterocycles. The van der Waals surface area contributed by atoms with Crippen LogP contribution >= 0.6 is 0 Å². The Kier molecular flexibility index (Phi) is 2.67. The number of anilines is 3. The minimum absolute atomic E-state index is 0.744. The van der Waals surface area contributed by atoms with Gasteiger partial charge < -0.3 is 15.5 Å². The van der Waals surface area contributed by atoms with Gasteiger partial charge in [-0.25, -0.2) is 0 Å². The first kappa shape index (κ1) is 11.7. The van der Waals surface area contributed by atoms with E-state index in [2.05, 4.69) is 25.2 Å². The van der Waals surface area contributed by atoms with Crippen molar-refractivity contribution in [3.63, 3.8) is 0 Å². The molecule has 3 nitrogen and oxygen atoms in total. The number of rotatable bonds is 2. The standard InChI is InChI=1S/C16H16N2O/c1-10-7-13(17)14(8-11(10)2)18-15-9-19-16-6-4-3-5-12(15)16/h3-9,18H,17H2,1-2H3. The van der Waals surface area contributed by atoms with Crippen molar-refractivity contribution >= 4 is 28.0 Å². The summed E-state index contributed by atoms with van der Waals surface area (Å²) in [5.41, 5.74) is 11.9. The minimum Gasteiger partial charge on any atom is -0.462 e. The molecule has 0 aliphatic rings. The van der Waals surface area contributed by atoms with Gasteiger partial charge in [0, 0.05) is 5.39 Å². The lowest BCUT2D eigenvalue weighted by molar-refractivity contribution is 0.617. The summed E-state index contributed by atoms with van der Waals surface area (Å²) in [6.45, 7) is 4.14. The van der Waals surface area contributed by atoms with Gasteiger partial charge in [0.05, 0.1) is 17.1 Å². The summed E-state index contributed by atoms with van der Waals surface area (Å²) in [6, 6.07) is 12.0. The highest BCUT2D eigenvalue weighted by Crippen LogP contribution is 2.31. The minimum atomic E-state index is 0.744. The zero-order valence-corrected chi connectivity index (χ0v) is 11.0. The normalized spacial score (nSPS) is 10.8. The fourth-order valence-electron chi connectivity index (χ4n) is 2.17. The van der Waals surface area contributed by atoms with Gasteiger partial charge in [-0.2, -0.15) is 0 Å². The van der Waals surface area contributed by atoms with Crippen LogP contribution in [0.15, 0.2) is 47.1 Å². The van der Waals surface area contributed by atoms with Crippen LogP contribution in [-0.2, 0) is 0 Å². The van der Waals surface area contributed by atoms with Crippen molar-refractivity contribution in [1.82, 2.24) is 0 Å². The van der Waals surface area contributed by atoms with Gasteiger partial charge in [-0.05, 0) is 49.2 Å². The SMILES string of the molecule is Cc1cc(N)c(Nc2coc3ccccc23)cc1C. The number of furan rings is 1. The van der Waals surface area contributed by atoms with Gasteiger partial charge in [0.15, 0.2) is 0 Å². The zero-order chi connectivity index (χ0) is 13.4. The van der Waals surface area contributed by atoms with E-state index >= 15 is 0 Å². The maximum Gasteiger partial charge on any atom is 0.136 e. The Morgan fingerprint density at radius 1 is 1.00 bits per heavy atom. The summed E-state index contributed by atoms with van der Waals surface area (Å²) in [5, 5.41) is 4.40. The molecular weight excluding hydrogens is 236 g/mol. The summed E-state index contributed by atoms with van der Waals surface area (Å²) in [6.07, 6.45) is 1.72. The molecule has 0 bridgehead atoms. The molecule has 0 fully saturated rings. The van der Waals surface area contributed by atoms with Crippen LogP contribution < -0.4 is 11.1 Å². The maximum absolute atomic E-state index is 6.06. The summed E-state index contributed by atoms with van der Waals surface area (Å²) in [5.74, 6) is 0. The average molecular weight is 252 g/mol. The second-order valence-corrected chi connectivity index (χ2v) is 4.79. The highest BCUT2D eigenvalue weighted by Gasteiger charge is 2.08. The summed E-state index contributed by atoms with van der Waals surface area (Å²) >= 11 is 0. The predicted octanol–water partition coefficient (Wildman–Crippen LogP) is 4.38. The van der Waals surface area contributed by atoms with Gasteiger partial charge in [0.25, 0.3) is 0 Å². The molecule has 3 aromatic rings. The number of para-hydroxylation sites is 1. The first-order valence-electron chi connectivity index (χ1n) is 6.25. The fourth-order valence-corrected chi connectivity index (χ4v) is 2.17. The van der Waals surface area contributed by atoms with Crippen molar-refractivity contribution in [3.05, 3.63) is 53.8 Å². The van der Waals surface area contributed by atoms with Crippen molar-refractivity contribution in [2.24, 2.45) is 0 Å². The Balaban J connectivity index is 2.04. The molecule has 2 aromatic carbocycles. The van der Waals surface area contributed by atoms with E-state index in [9.17, 15) is 0 Å². The highest BCUT2D eigenvalue weighted by atomic mass is 16.3. The monoisotopic (exact) mass is 252 g/mol. The van der Waals surface area contributed by atoms with Crippen molar-refractivity contribution in [2.75, 3.05) is 11.1 Å². The number of aryl methyl sites for hydroxylation is 2. The second-order valence-electron chi connectivity index (χ2n) is 4.79. The van der Waals surface area contributed by atoms with Crippen molar-refractivity contribution in [2.45, 2.75) is 13.8 Å². The molecule has 1 heterocycles. The summed E-state index contributed by atoms with van der Waals surface area (Å²) < 4.78 is 5.51. The van der Waals surface area contributed by atoms with Crippen LogP contribution in [0.4, 0.5) is 17.1 Å². The molecule has 19 heavy (non-hydrogen) atoms. The third kappa shape index (κ3) is 2.03. The molecule has 3 rings (SSSR count). The van der Waals surface area contributed by atoms with Crippen molar-refractivity contribution in [3.8, 4) is 0 Å². The molecule has 0 unspecified atom stereocenters. The summed E-state index contributed by atoms with van der Waals surface area (Å²) in [7, 11) is 0. The molecule has 1 aromatic heterocycles. The number of nitrogen functional groups attached to an aromatic ring is 1. The lowest BCUT2D eigenvalue weighted by atomic mass is 10.1. The van der Waals surface area contributed by atoms with Crippen LogP contribution in [0.25, 0.3) is 11.0 Å². The number of hydrogen-bond acceptors (Lipinski definition) is 3. The Morgan fingerprint density at radius 3 is 2.58 bits per heavy atom. The molecule has 3 heteroatoms. The number of nitrogens with one attached hydrogen (secondary N) is 1. The van der Waals surface area contributed by atoms with Gasteiger partial charge in [0.1, 0.15) is 11.8 Å². The van der Waals surface area contributed by atoms with E-state index in [1.807, 2.05) is 30.3 Å². The fraction of sp³-hybridized carbons (Fsp3) is 0.125. The maximum atomic E-state index is 6.06. The van der Waals surface area contributed by atoms with E-state index in [0.29, 0.717) is 0 Å². The molecule has 0 saturated heterocycles. The average Bonchev–Trinajstić information content (AvgIpc) is 2.80. The third-order valence-corrected chi connectivity index (χ3v) is 3.42. The topological polar surface area (TPSA) is 51.2 Å². The van der Waals surface area contributed by atoms with Crippen LogP contribution in [0.3, 0.4) is 0 Å². The molecule has 0 spiro atoms. The number of benzene rings is 2. The first-order chi connectivity index (χ1) is 9.15. The van der Waals surface area contributed by atoms with Crippen LogP contribution in [0.1, 0.15) is 11.1 Å². The van der Waals surface area contributed by atoms with E-state index in [1.54, 1.807) is 6.26 Å². The molecular formula is C16H16N2O. The predicted molar refractivity (Wildman–Crippen MR) is 79.8 cm³/mol. The van der Waals surface area contributed by atoms with Gasteiger partial charge in [-0.15, -0.1) is 0 Å². The van der Waals surface area contributed by atoms with Crippen molar-refractivity contribution in [1.29, 1.82) is 0 Å². The van der Waals surface area contributed by atoms with Crippen molar-refractivity contribution < 1.29 is 4.42 Å². The Bertz CT molecular complexity index is 744. The zero-order valence-electron chi connectivity index (χ0n) is 11.0. The van der Waals surface area contributed by atoms with E-state index in [-0.39, 0.29) is 0 Å². The van der Waals surface area contributed by atoms with E-state index < -0.39 is 0 Å². The van der Waals surface area contributed by atoms with Crippen LogP contribution in [-0.4, -0.2) is 0 Å². The van der Waals surface area contributed by atoms with Crippen LogP contribution in [0.2, 0.25) is 0 Å². The van der Waals surface area contributed by atoms with E-state index in [1.165, 1.54) is 11.1 Å². The molecule has 0 amide bonds. The molecule has 0 radical (unpaired) electrons. The third-order valence-electron chi connectivity index (χ3n) is 3.42. The largest absolute Gasteiger partial charge is 0.462 e. The Hall–Kier alpha value is -2.42. The summed E-state index contributed by atoms with van der Waals surface area (Å²) in [4.78, 5) is 0.